The Morgan fingerprint density at radius 1 is 0.390 bits per heavy atom. The van der Waals surface area contributed by atoms with Crippen LogP contribution >= 0.6 is 0 Å². The third-order valence-corrected chi connectivity index (χ3v) is 5.37. The fourth-order valence-electron chi connectivity index (χ4n) is 4.40. The Hall–Kier alpha value is -3.78. The Labute approximate surface area is 251 Å². The number of carbonyl (C=O) groups excluding carboxylic acids is 2. The van der Waals surface area contributed by atoms with Gasteiger partial charge in [0.15, 0.2) is 0 Å². The van der Waals surface area contributed by atoms with Crippen molar-refractivity contribution in [2.45, 2.75) is 88.5 Å². The first kappa shape index (κ1) is 39.4. The molecule has 0 radical (unpaired) electrons. The summed E-state index contributed by atoms with van der Waals surface area (Å²) in [6.45, 7) is 22.1. The van der Waals surface area contributed by atoms with Gasteiger partial charge in [0.05, 0.1) is 5.41 Å². The molecule has 1 aliphatic carbocycles. The molecule has 0 saturated carbocycles. The van der Waals surface area contributed by atoms with Crippen molar-refractivity contribution in [3.05, 3.63) is 131 Å². The van der Waals surface area contributed by atoms with E-state index in [4.69, 9.17) is 0 Å². The van der Waals surface area contributed by atoms with Crippen LogP contribution in [0.25, 0.3) is 11.1 Å². The molecule has 0 amide bonds. The molecule has 2 nitrogen and oxygen atoms in total. The van der Waals surface area contributed by atoms with Crippen LogP contribution in [0.4, 0.5) is 0 Å². The number of benzene rings is 4. The molecule has 0 aliphatic heterocycles. The van der Waals surface area contributed by atoms with Crippen molar-refractivity contribution in [3.63, 3.8) is 0 Å². The van der Waals surface area contributed by atoms with E-state index >= 15 is 0 Å². The Kier molecular flexibility index (Phi) is 22.1. The lowest BCUT2D eigenvalue weighted by Crippen LogP contribution is -2.28. The summed E-state index contributed by atoms with van der Waals surface area (Å²) in [7, 11) is 0. The fraction of sp³-hybridized carbons (Fsp3) is 0.333. The molecule has 1 aliphatic rings. The lowest BCUT2D eigenvalue weighted by Gasteiger charge is -2.33. The van der Waals surface area contributed by atoms with Crippen molar-refractivity contribution >= 4 is 11.6 Å². The quantitative estimate of drug-likeness (QED) is 0.217. The van der Waals surface area contributed by atoms with Gasteiger partial charge in [-0.3, -0.25) is 0 Å². The Morgan fingerprint density at radius 3 is 0.878 bits per heavy atom. The second kappa shape index (κ2) is 23.0. The third kappa shape index (κ3) is 11.0. The maximum Gasteiger partial charge on any atom is 0.126 e. The van der Waals surface area contributed by atoms with Gasteiger partial charge in [0, 0.05) is 0 Å². The molecule has 4 aromatic carbocycles. The molecule has 5 rings (SSSR count). The van der Waals surface area contributed by atoms with Crippen LogP contribution in [0.1, 0.15) is 105 Å². The van der Waals surface area contributed by atoms with Crippen molar-refractivity contribution in [2.75, 3.05) is 0 Å². The molecule has 0 heterocycles. The van der Waals surface area contributed by atoms with Gasteiger partial charge in [0.2, 0.25) is 0 Å². The van der Waals surface area contributed by atoms with Gasteiger partial charge in [-0.05, 0) is 61.1 Å². The van der Waals surface area contributed by atoms with Crippen molar-refractivity contribution < 1.29 is 9.59 Å². The van der Waals surface area contributed by atoms with Crippen LogP contribution < -0.4 is 0 Å². The number of fused-ring (bicyclic) bond motifs is 3. The van der Waals surface area contributed by atoms with Crippen molar-refractivity contribution in [1.82, 2.24) is 0 Å². The smallest absolute Gasteiger partial charge is 0.126 e. The summed E-state index contributed by atoms with van der Waals surface area (Å²) in [6.07, 6.45) is 0. The molecule has 0 fully saturated rings. The van der Waals surface area contributed by atoms with Gasteiger partial charge in [-0.15, -0.1) is 0 Å². The number of Topliss-reactive ketones (excluding diaryl/α,β-unsaturated/α-hetero) is 2. The molecule has 0 unspecified atom stereocenters. The van der Waals surface area contributed by atoms with Gasteiger partial charge < -0.3 is 9.59 Å². The minimum Gasteiger partial charge on any atom is -0.300 e. The van der Waals surface area contributed by atoms with E-state index in [2.05, 4.69) is 109 Å². The van der Waals surface area contributed by atoms with Gasteiger partial charge in [0.25, 0.3) is 0 Å². The molecule has 0 atom stereocenters. The second-order valence-electron chi connectivity index (χ2n) is 8.39. The van der Waals surface area contributed by atoms with Gasteiger partial charge in [0.1, 0.15) is 11.6 Å². The molecule has 2 heteroatoms. The lowest BCUT2D eigenvalue weighted by atomic mass is 9.68. The maximum atomic E-state index is 9.44. The molecule has 0 saturated heterocycles. The predicted octanol–water partition coefficient (Wildman–Crippen LogP) is 11.3. The van der Waals surface area contributed by atoms with E-state index in [0.29, 0.717) is 0 Å². The van der Waals surface area contributed by atoms with Crippen LogP contribution in [0, 0.1) is 0 Å². The van der Waals surface area contributed by atoms with Crippen LogP contribution in [0.3, 0.4) is 0 Å². The summed E-state index contributed by atoms with van der Waals surface area (Å²) in [6, 6.07) is 39.5. The summed E-state index contributed by atoms with van der Waals surface area (Å²) in [5, 5.41) is 0. The number of carbonyl (C=O) groups is 2. The highest BCUT2D eigenvalue weighted by atomic mass is 16.1. The second-order valence-corrected chi connectivity index (χ2v) is 8.39. The van der Waals surface area contributed by atoms with E-state index in [9.17, 15) is 9.59 Å². The van der Waals surface area contributed by atoms with Gasteiger partial charge >= 0.3 is 0 Å². The fourth-order valence-corrected chi connectivity index (χ4v) is 4.40. The highest BCUT2D eigenvalue weighted by Crippen LogP contribution is 2.55. The first-order valence-corrected chi connectivity index (χ1v) is 15.1. The number of rotatable bonds is 2. The summed E-state index contributed by atoms with van der Waals surface area (Å²) in [4.78, 5) is 18.9. The van der Waals surface area contributed by atoms with Gasteiger partial charge in [-0.2, -0.15) is 0 Å². The van der Waals surface area contributed by atoms with E-state index < -0.39 is 0 Å². The minimum absolute atomic E-state index is 0.167. The topological polar surface area (TPSA) is 34.1 Å². The SMILES string of the molecule is CC.CC.CC.CC.CC(C)=O.CC(C)=O.c1ccc(C2(c3ccccc3)c3ccccc3-c3ccccc32)cc1. The first-order valence-electron chi connectivity index (χ1n) is 15.1. The Morgan fingerprint density at radius 2 is 0.610 bits per heavy atom. The van der Waals surface area contributed by atoms with E-state index in [0.717, 1.165) is 0 Å². The molecule has 0 spiro atoms. The molecule has 0 N–H and O–H groups in total. The zero-order valence-corrected chi connectivity index (χ0v) is 27.7. The summed E-state index contributed by atoms with van der Waals surface area (Å²) >= 11 is 0. The summed E-state index contributed by atoms with van der Waals surface area (Å²) in [5.41, 5.74) is 7.80. The number of hydrogen-bond donors (Lipinski definition) is 0. The van der Waals surface area contributed by atoms with Crippen LogP contribution in [0.2, 0.25) is 0 Å². The van der Waals surface area contributed by atoms with Crippen molar-refractivity contribution in [2.24, 2.45) is 0 Å². The van der Waals surface area contributed by atoms with E-state index in [1.54, 1.807) is 0 Å². The van der Waals surface area contributed by atoms with Gasteiger partial charge in [-0.1, -0.05) is 165 Å². The predicted molar refractivity (Wildman–Crippen MR) is 182 cm³/mol. The lowest BCUT2D eigenvalue weighted by molar-refractivity contribution is -0.115. The molecule has 41 heavy (non-hydrogen) atoms. The van der Waals surface area contributed by atoms with Crippen molar-refractivity contribution in [3.8, 4) is 11.1 Å². The average Bonchev–Trinajstić information content (AvgIpc) is 3.33. The van der Waals surface area contributed by atoms with Crippen LogP contribution in [0.5, 0.6) is 0 Å². The molecule has 0 bridgehead atoms. The van der Waals surface area contributed by atoms with Gasteiger partial charge in [-0.25, -0.2) is 0 Å². The van der Waals surface area contributed by atoms with E-state index in [1.165, 1.54) is 61.1 Å². The largest absolute Gasteiger partial charge is 0.300 e. The zero-order chi connectivity index (χ0) is 31.8. The van der Waals surface area contributed by atoms with E-state index in [1.807, 2.05) is 55.4 Å². The number of ketones is 2. The molecule has 4 aromatic rings. The molecular formula is C39H54O2. The van der Waals surface area contributed by atoms with Crippen LogP contribution in [0.15, 0.2) is 109 Å². The highest BCUT2D eigenvalue weighted by molar-refractivity contribution is 5.86. The van der Waals surface area contributed by atoms with E-state index in [-0.39, 0.29) is 17.0 Å². The normalized spacial score (nSPS) is 10.3. The minimum atomic E-state index is -0.254. The molecule has 0 aromatic heterocycles. The zero-order valence-electron chi connectivity index (χ0n) is 27.7. The Bertz CT molecular complexity index is 1120. The third-order valence-electron chi connectivity index (χ3n) is 5.37. The first-order chi connectivity index (χ1) is 19.9. The average molecular weight is 555 g/mol. The van der Waals surface area contributed by atoms with Crippen molar-refractivity contribution in [1.29, 1.82) is 0 Å². The number of hydrogen-bond acceptors (Lipinski definition) is 2. The monoisotopic (exact) mass is 554 g/mol. The van der Waals surface area contributed by atoms with Crippen LogP contribution in [-0.4, -0.2) is 11.6 Å². The molecule has 222 valence electrons. The maximum absolute atomic E-state index is 9.44. The highest BCUT2D eigenvalue weighted by Gasteiger charge is 2.45. The van der Waals surface area contributed by atoms with Crippen LogP contribution in [-0.2, 0) is 15.0 Å². The summed E-state index contributed by atoms with van der Waals surface area (Å²) in [5.74, 6) is 0.333. The summed E-state index contributed by atoms with van der Waals surface area (Å²) < 4.78 is 0. The molecular weight excluding hydrogens is 500 g/mol. The standard InChI is InChI=1S/C25H18.2C3H6O.4C2H6/c1-3-11-19(12-4-1)25(20-13-5-2-6-14-20)23-17-9-7-15-21(23)22-16-8-10-18-24(22)25;2*1-3(2)4;4*1-2/h1-18H;2*1-2H3;4*1-2H3. The Balaban J connectivity index is 0.